The van der Waals surface area contributed by atoms with E-state index in [1.165, 1.54) is 12.1 Å². The molecule has 25 heavy (non-hydrogen) atoms. The van der Waals surface area contributed by atoms with Gasteiger partial charge in [0, 0.05) is 16.1 Å². The Hall–Kier alpha value is -1.79. The van der Waals surface area contributed by atoms with E-state index < -0.39 is 11.8 Å². The molecule has 2 aliphatic heterocycles. The Balaban J connectivity index is 1.72. The number of hydrogen-bond donors (Lipinski definition) is 0. The molecule has 0 unspecified atom stereocenters. The number of nitrogens with zero attached hydrogens (tertiary/aromatic N) is 1. The molecule has 128 valence electrons. The first-order valence-corrected chi connectivity index (χ1v) is 8.46. The van der Waals surface area contributed by atoms with Crippen molar-refractivity contribution in [2.24, 2.45) is 0 Å². The molecule has 2 aromatic carbocycles. The molecule has 0 N–H and O–H groups in total. The third-order valence-corrected chi connectivity index (χ3v) is 5.03. The van der Waals surface area contributed by atoms with E-state index in [9.17, 15) is 9.59 Å². The number of amides is 2. The van der Waals surface area contributed by atoms with Crippen molar-refractivity contribution in [3.63, 3.8) is 0 Å². The third-order valence-electron chi connectivity index (χ3n) is 4.09. The predicted octanol–water partition coefficient (Wildman–Crippen LogP) is 4.31. The highest BCUT2D eigenvalue weighted by Gasteiger charge is 2.37. The Bertz CT molecular complexity index is 888. The minimum Gasteiger partial charge on any atom is -0.467 e. The Morgan fingerprint density at radius 3 is 2.24 bits per heavy atom. The van der Waals surface area contributed by atoms with Crippen molar-refractivity contribution < 1.29 is 19.1 Å². The molecule has 2 amide bonds. The van der Waals surface area contributed by atoms with Crippen LogP contribution in [-0.2, 0) is 17.9 Å². The molecule has 4 rings (SSSR count). The number of imide groups is 1. The van der Waals surface area contributed by atoms with Crippen LogP contribution in [0.1, 0.15) is 31.8 Å². The van der Waals surface area contributed by atoms with Crippen molar-refractivity contribution in [3.05, 3.63) is 61.6 Å². The average Bonchev–Trinajstić information content (AvgIpc) is 2.80. The number of carbonyl (C=O) groups excluding carboxylic acids is 2. The van der Waals surface area contributed by atoms with Crippen molar-refractivity contribution >= 4 is 46.6 Å². The highest BCUT2D eigenvalue weighted by molar-refractivity contribution is 6.43. The molecule has 0 fully saturated rings. The van der Waals surface area contributed by atoms with Gasteiger partial charge in [-0.2, -0.15) is 0 Å². The molecule has 5 nitrogen and oxygen atoms in total. The number of rotatable bonds is 2. The average molecular weight is 399 g/mol. The maximum Gasteiger partial charge on any atom is 0.261 e. The molecule has 0 saturated heterocycles. The molecular formula is C17H10Cl3NO4. The van der Waals surface area contributed by atoms with E-state index in [0.717, 1.165) is 10.5 Å². The van der Waals surface area contributed by atoms with Gasteiger partial charge in [-0.05, 0) is 24.3 Å². The van der Waals surface area contributed by atoms with Gasteiger partial charge in [0.1, 0.15) is 5.75 Å². The summed E-state index contributed by atoms with van der Waals surface area (Å²) in [5.41, 5.74) is 1.88. The van der Waals surface area contributed by atoms with Crippen molar-refractivity contribution in [1.29, 1.82) is 0 Å². The second-order valence-corrected chi connectivity index (χ2v) is 6.92. The second kappa shape index (κ2) is 6.18. The normalized spacial score (nSPS) is 15.9. The summed E-state index contributed by atoms with van der Waals surface area (Å²) in [4.78, 5) is 26.4. The molecule has 0 aromatic heterocycles. The summed E-state index contributed by atoms with van der Waals surface area (Å²) in [5.74, 6) is -0.276. The van der Waals surface area contributed by atoms with Crippen LogP contribution >= 0.6 is 34.8 Å². The lowest BCUT2D eigenvalue weighted by atomic mass is 10.1. The Morgan fingerprint density at radius 1 is 0.960 bits per heavy atom. The number of ether oxygens (including phenoxy) is 2. The number of fused-ring (bicyclic) bond motifs is 2. The van der Waals surface area contributed by atoms with Gasteiger partial charge in [-0.15, -0.1) is 0 Å². The van der Waals surface area contributed by atoms with E-state index in [-0.39, 0.29) is 34.5 Å². The van der Waals surface area contributed by atoms with Gasteiger partial charge in [-0.25, -0.2) is 0 Å². The lowest BCUT2D eigenvalue weighted by molar-refractivity contribution is -0.0173. The summed E-state index contributed by atoms with van der Waals surface area (Å²) in [7, 11) is 0. The van der Waals surface area contributed by atoms with Gasteiger partial charge >= 0.3 is 0 Å². The van der Waals surface area contributed by atoms with Gasteiger partial charge in [0.25, 0.3) is 11.8 Å². The summed E-state index contributed by atoms with van der Waals surface area (Å²) in [6.07, 6.45) is 0. The van der Waals surface area contributed by atoms with Gasteiger partial charge in [0.15, 0.2) is 6.79 Å². The molecule has 2 heterocycles. The molecule has 8 heteroatoms. The zero-order valence-corrected chi connectivity index (χ0v) is 14.9. The molecule has 2 aromatic rings. The van der Waals surface area contributed by atoms with Crippen molar-refractivity contribution in [2.75, 3.05) is 6.79 Å². The summed E-state index contributed by atoms with van der Waals surface area (Å²) < 4.78 is 10.8. The number of hydrogen-bond acceptors (Lipinski definition) is 4. The van der Waals surface area contributed by atoms with Crippen LogP contribution in [-0.4, -0.2) is 23.5 Å². The highest BCUT2D eigenvalue weighted by Crippen LogP contribution is 2.36. The monoisotopic (exact) mass is 397 g/mol. The van der Waals surface area contributed by atoms with Crippen LogP contribution in [0.4, 0.5) is 0 Å². The highest BCUT2D eigenvalue weighted by atomic mass is 35.5. The van der Waals surface area contributed by atoms with Crippen LogP contribution in [0.5, 0.6) is 5.75 Å². The minimum atomic E-state index is -0.431. The molecule has 2 aliphatic rings. The van der Waals surface area contributed by atoms with Crippen LogP contribution in [0, 0.1) is 0 Å². The molecule has 0 atom stereocenters. The first-order chi connectivity index (χ1) is 12.0. The van der Waals surface area contributed by atoms with Gasteiger partial charge in [-0.1, -0.05) is 34.8 Å². The number of carbonyl (C=O) groups is 2. The summed E-state index contributed by atoms with van der Waals surface area (Å²) in [5, 5.41) is 0.929. The van der Waals surface area contributed by atoms with E-state index in [0.29, 0.717) is 22.9 Å². The smallest absolute Gasteiger partial charge is 0.261 e. The lowest BCUT2D eigenvalue weighted by Gasteiger charge is -2.23. The van der Waals surface area contributed by atoms with Crippen molar-refractivity contribution in [3.8, 4) is 5.75 Å². The Labute approximate surface area is 158 Å². The van der Waals surface area contributed by atoms with Crippen LogP contribution in [0.3, 0.4) is 0 Å². The number of halogens is 3. The van der Waals surface area contributed by atoms with E-state index >= 15 is 0 Å². The first-order valence-electron chi connectivity index (χ1n) is 7.33. The van der Waals surface area contributed by atoms with E-state index in [2.05, 4.69) is 0 Å². The predicted molar refractivity (Wildman–Crippen MR) is 92.4 cm³/mol. The number of benzene rings is 2. The largest absolute Gasteiger partial charge is 0.467 e. The fourth-order valence-electron chi connectivity index (χ4n) is 2.97. The summed E-state index contributed by atoms with van der Waals surface area (Å²) in [6.45, 7) is 0.496. The zero-order chi connectivity index (χ0) is 17.7. The SMILES string of the molecule is O=C1c2cc(Cl)c(Cl)cc2C(=O)N1Cc1cc(Cl)cc2c1OCOC2. The maximum absolute atomic E-state index is 12.6. The third kappa shape index (κ3) is 2.77. The lowest BCUT2D eigenvalue weighted by Crippen LogP contribution is -2.29. The quantitative estimate of drug-likeness (QED) is 0.707. The topological polar surface area (TPSA) is 55.8 Å². The Morgan fingerprint density at radius 2 is 1.60 bits per heavy atom. The van der Waals surface area contributed by atoms with Crippen LogP contribution in [0.25, 0.3) is 0 Å². The molecule has 0 aliphatic carbocycles. The van der Waals surface area contributed by atoms with Gasteiger partial charge < -0.3 is 9.47 Å². The molecule has 0 radical (unpaired) electrons. The fraction of sp³-hybridized carbons (Fsp3) is 0.176. The molecule has 0 saturated carbocycles. The summed E-state index contributed by atoms with van der Waals surface area (Å²) in [6, 6.07) is 6.24. The zero-order valence-electron chi connectivity index (χ0n) is 12.6. The standard InChI is InChI=1S/C17H10Cl3NO4/c18-10-1-8(15-9(2-10)6-24-7-25-15)5-21-16(22)11-3-13(19)14(20)4-12(11)17(21)23/h1-4H,5-7H2. The first kappa shape index (κ1) is 16.7. The molecule has 0 spiro atoms. The second-order valence-electron chi connectivity index (χ2n) is 5.67. The van der Waals surface area contributed by atoms with Crippen LogP contribution in [0.15, 0.2) is 24.3 Å². The fourth-order valence-corrected chi connectivity index (χ4v) is 3.56. The van der Waals surface area contributed by atoms with Crippen molar-refractivity contribution in [2.45, 2.75) is 13.2 Å². The minimum absolute atomic E-state index is 0.0322. The van der Waals surface area contributed by atoms with E-state index in [4.69, 9.17) is 44.3 Å². The van der Waals surface area contributed by atoms with E-state index in [1.807, 2.05) is 0 Å². The maximum atomic E-state index is 12.6. The van der Waals surface area contributed by atoms with Crippen molar-refractivity contribution in [1.82, 2.24) is 4.90 Å². The van der Waals surface area contributed by atoms with Gasteiger partial charge in [-0.3, -0.25) is 14.5 Å². The molecular weight excluding hydrogens is 389 g/mol. The van der Waals surface area contributed by atoms with Crippen LogP contribution in [0.2, 0.25) is 15.1 Å². The van der Waals surface area contributed by atoms with Gasteiger partial charge in [0.2, 0.25) is 0 Å². The Kier molecular flexibility index (Phi) is 4.12. The van der Waals surface area contributed by atoms with Gasteiger partial charge in [0.05, 0.1) is 34.3 Å². The van der Waals surface area contributed by atoms with E-state index in [1.54, 1.807) is 12.1 Å². The summed E-state index contributed by atoms with van der Waals surface area (Å²) >= 11 is 18.1. The molecule has 0 bridgehead atoms. The van der Waals surface area contributed by atoms with Crippen LogP contribution < -0.4 is 4.74 Å².